The number of carbonyl (C=O) groups is 1. The Hall–Kier alpha value is -2.54. The molecule has 0 aromatic carbocycles. The highest BCUT2D eigenvalue weighted by molar-refractivity contribution is 6.33. The van der Waals surface area contributed by atoms with Crippen LogP contribution in [0.15, 0.2) is 30.6 Å². The Labute approximate surface area is 168 Å². The maximum atomic E-state index is 13.5. The summed E-state index contributed by atoms with van der Waals surface area (Å²) in [4.78, 5) is 24.1. The summed E-state index contributed by atoms with van der Waals surface area (Å²) >= 11 is 6.32. The summed E-state index contributed by atoms with van der Waals surface area (Å²) in [5, 5.41) is 8.76. The van der Waals surface area contributed by atoms with E-state index < -0.39 is 0 Å². The van der Waals surface area contributed by atoms with Gasteiger partial charge in [-0.05, 0) is 37.8 Å². The quantitative estimate of drug-likeness (QED) is 0.632. The van der Waals surface area contributed by atoms with Crippen LogP contribution in [0, 0.1) is 5.92 Å². The number of fused-ring (bicyclic) bond motifs is 1. The van der Waals surface area contributed by atoms with Gasteiger partial charge in [0.25, 0.3) is 5.91 Å². The molecule has 0 radical (unpaired) electrons. The standard InChI is InChI=1S/C20H23ClN6O/c1-12(2)13(3)27(11-17-25-24-16-6-4-5-9-26(16)17)20(28)18-15(21)10-22-19(23-18)14-7-8-14/h4-6,9-10,12-14H,7-8,11H2,1-3H3. The Morgan fingerprint density at radius 3 is 2.79 bits per heavy atom. The van der Waals surface area contributed by atoms with Crippen LogP contribution in [0.25, 0.3) is 5.65 Å². The topological polar surface area (TPSA) is 76.3 Å². The molecule has 3 aromatic rings. The lowest BCUT2D eigenvalue weighted by molar-refractivity contribution is 0.0614. The van der Waals surface area contributed by atoms with Crippen LogP contribution >= 0.6 is 11.6 Å². The minimum Gasteiger partial charge on any atom is -0.327 e. The molecule has 8 heteroatoms. The molecule has 3 heterocycles. The molecule has 0 bridgehead atoms. The zero-order chi connectivity index (χ0) is 19.8. The van der Waals surface area contributed by atoms with Gasteiger partial charge in [-0.2, -0.15) is 0 Å². The molecule has 3 aromatic heterocycles. The Bertz CT molecular complexity index is 1010. The zero-order valence-electron chi connectivity index (χ0n) is 16.2. The minimum atomic E-state index is -0.205. The average molecular weight is 399 g/mol. The molecule has 1 fully saturated rings. The molecule has 0 spiro atoms. The number of hydrogen-bond donors (Lipinski definition) is 0. The van der Waals surface area contributed by atoms with Crippen LogP contribution in [0.2, 0.25) is 5.02 Å². The van der Waals surface area contributed by atoms with E-state index in [1.165, 1.54) is 0 Å². The Morgan fingerprint density at radius 1 is 1.29 bits per heavy atom. The van der Waals surface area contributed by atoms with Crippen molar-refractivity contribution in [2.75, 3.05) is 0 Å². The number of pyridine rings is 1. The lowest BCUT2D eigenvalue weighted by Gasteiger charge is -2.31. The second kappa shape index (κ2) is 7.47. The van der Waals surface area contributed by atoms with Gasteiger partial charge >= 0.3 is 0 Å². The fourth-order valence-electron chi connectivity index (χ4n) is 3.12. The first-order valence-corrected chi connectivity index (χ1v) is 9.95. The van der Waals surface area contributed by atoms with E-state index in [4.69, 9.17) is 11.6 Å². The van der Waals surface area contributed by atoms with Crippen molar-refractivity contribution in [2.24, 2.45) is 5.92 Å². The van der Waals surface area contributed by atoms with E-state index in [1.54, 1.807) is 11.1 Å². The molecular weight excluding hydrogens is 376 g/mol. The van der Waals surface area contributed by atoms with Crippen molar-refractivity contribution in [2.45, 2.75) is 52.1 Å². The van der Waals surface area contributed by atoms with Crippen LogP contribution in [-0.2, 0) is 6.54 Å². The fourth-order valence-corrected chi connectivity index (χ4v) is 3.29. The second-order valence-corrected chi connectivity index (χ2v) is 8.07. The molecule has 1 amide bonds. The van der Waals surface area contributed by atoms with Crippen LogP contribution in [0.1, 0.15) is 61.7 Å². The number of amides is 1. The molecule has 1 aliphatic rings. The summed E-state index contributed by atoms with van der Waals surface area (Å²) in [7, 11) is 0. The van der Waals surface area contributed by atoms with Gasteiger partial charge in [-0.3, -0.25) is 9.20 Å². The third-order valence-corrected chi connectivity index (χ3v) is 5.60. The lowest BCUT2D eigenvalue weighted by atomic mass is 10.0. The van der Waals surface area contributed by atoms with Crippen LogP contribution in [0.3, 0.4) is 0 Å². The molecular formula is C20H23ClN6O. The van der Waals surface area contributed by atoms with Crippen molar-refractivity contribution in [3.63, 3.8) is 0 Å². The van der Waals surface area contributed by atoms with Crippen molar-refractivity contribution in [3.05, 3.63) is 53.0 Å². The van der Waals surface area contributed by atoms with Gasteiger partial charge in [0.15, 0.2) is 17.2 Å². The zero-order valence-corrected chi connectivity index (χ0v) is 17.0. The van der Waals surface area contributed by atoms with E-state index in [1.807, 2.05) is 35.7 Å². The molecule has 28 heavy (non-hydrogen) atoms. The van der Waals surface area contributed by atoms with E-state index in [9.17, 15) is 4.79 Å². The number of carbonyl (C=O) groups excluding carboxylic acids is 1. The Kier molecular flexibility index (Phi) is 5.02. The molecule has 1 aliphatic carbocycles. The molecule has 1 atom stereocenters. The van der Waals surface area contributed by atoms with E-state index in [0.717, 1.165) is 18.5 Å². The van der Waals surface area contributed by atoms with E-state index in [-0.39, 0.29) is 28.6 Å². The first-order chi connectivity index (χ1) is 13.5. The SMILES string of the molecule is CC(C)C(C)N(Cc1nnc2ccccn12)C(=O)c1nc(C2CC2)ncc1Cl. The largest absolute Gasteiger partial charge is 0.327 e. The predicted octanol–water partition coefficient (Wildman–Crippen LogP) is 3.74. The highest BCUT2D eigenvalue weighted by Gasteiger charge is 2.31. The fraction of sp³-hybridized carbons (Fsp3) is 0.450. The smallest absolute Gasteiger partial charge is 0.274 e. The summed E-state index contributed by atoms with van der Waals surface area (Å²) in [6, 6.07) is 5.69. The molecule has 0 aliphatic heterocycles. The van der Waals surface area contributed by atoms with Gasteiger partial charge < -0.3 is 4.90 Å². The number of aromatic nitrogens is 5. The van der Waals surface area contributed by atoms with Crippen LogP contribution < -0.4 is 0 Å². The normalized spacial score (nSPS) is 15.2. The van der Waals surface area contributed by atoms with Crippen molar-refractivity contribution < 1.29 is 4.79 Å². The summed E-state index contributed by atoms with van der Waals surface area (Å²) in [5.74, 6) is 1.80. The van der Waals surface area contributed by atoms with Crippen molar-refractivity contribution in [1.82, 2.24) is 29.5 Å². The van der Waals surface area contributed by atoms with Gasteiger partial charge in [0, 0.05) is 18.2 Å². The summed E-state index contributed by atoms with van der Waals surface area (Å²) in [6.07, 6.45) is 5.57. The van der Waals surface area contributed by atoms with Gasteiger partial charge in [0.2, 0.25) is 0 Å². The molecule has 146 valence electrons. The molecule has 0 N–H and O–H groups in total. The number of rotatable bonds is 6. The minimum absolute atomic E-state index is 0.0287. The predicted molar refractivity (Wildman–Crippen MR) is 106 cm³/mol. The van der Waals surface area contributed by atoms with Crippen LogP contribution in [0.4, 0.5) is 0 Å². The van der Waals surface area contributed by atoms with Gasteiger partial charge in [-0.15, -0.1) is 10.2 Å². The maximum Gasteiger partial charge on any atom is 0.274 e. The third-order valence-electron chi connectivity index (χ3n) is 5.32. The van der Waals surface area contributed by atoms with E-state index in [2.05, 4.69) is 34.0 Å². The molecule has 1 unspecified atom stereocenters. The van der Waals surface area contributed by atoms with Gasteiger partial charge in [0.1, 0.15) is 5.82 Å². The second-order valence-electron chi connectivity index (χ2n) is 7.66. The first kappa shape index (κ1) is 18.8. The third kappa shape index (κ3) is 3.58. The summed E-state index contributed by atoms with van der Waals surface area (Å²) in [6.45, 7) is 6.53. The number of halogens is 1. The average Bonchev–Trinajstić information content (AvgIpc) is 3.46. The van der Waals surface area contributed by atoms with Crippen LogP contribution in [-0.4, -0.2) is 41.4 Å². The summed E-state index contributed by atoms with van der Waals surface area (Å²) < 4.78 is 1.89. The maximum absolute atomic E-state index is 13.5. The van der Waals surface area contributed by atoms with Gasteiger partial charge in [-0.25, -0.2) is 9.97 Å². The monoisotopic (exact) mass is 398 g/mol. The Morgan fingerprint density at radius 2 is 2.07 bits per heavy atom. The molecule has 1 saturated carbocycles. The highest BCUT2D eigenvalue weighted by Crippen LogP contribution is 2.38. The van der Waals surface area contributed by atoms with Crippen molar-refractivity contribution in [1.29, 1.82) is 0 Å². The van der Waals surface area contributed by atoms with E-state index >= 15 is 0 Å². The number of hydrogen-bond acceptors (Lipinski definition) is 5. The molecule has 0 saturated heterocycles. The van der Waals surface area contributed by atoms with Gasteiger partial charge in [-0.1, -0.05) is 31.5 Å². The number of nitrogens with zero attached hydrogens (tertiary/aromatic N) is 6. The van der Waals surface area contributed by atoms with Crippen molar-refractivity contribution >= 4 is 23.2 Å². The Balaban J connectivity index is 1.70. The summed E-state index contributed by atoms with van der Waals surface area (Å²) in [5.41, 5.74) is 1.01. The first-order valence-electron chi connectivity index (χ1n) is 9.57. The molecule has 7 nitrogen and oxygen atoms in total. The van der Waals surface area contributed by atoms with E-state index in [0.29, 0.717) is 24.1 Å². The van der Waals surface area contributed by atoms with Crippen molar-refractivity contribution in [3.8, 4) is 0 Å². The van der Waals surface area contributed by atoms with Gasteiger partial charge in [0.05, 0.1) is 17.8 Å². The highest BCUT2D eigenvalue weighted by atomic mass is 35.5. The molecule has 4 rings (SSSR count). The van der Waals surface area contributed by atoms with Crippen LogP contribution in [0.5, 0.6) is 0 Å². The lowest BCUT2D eigenvalue weighted by Crippen LogP contribution is -2.42.